The van der Waals surface area contributed by atoms with Crippen LogP contribution in [0.1, 0.15) is 43.0 Å². The van der Waals surface area contributed by atoms with E-state index in [1.165, 1.54) is 17.8 Å². The number of amides is 2. The molecular formula is C30H34ClFN2O2S. The van der Waals surface area contributed by atoms with Crippen LogP contribution in [0.15, 0.2) is 72.8 Å². The molecule has 0 heterocycles. The lowest BCUT2D eigenvalue weighted by Gasteiger charge is -2.34. The molecule has 196 valence electrons. The smallest absolute Gasteiger partial charge is 0.243 e. The van der Waals surface area contributed by atoms with E-state index in [4.69, 9.17) is 11.6 Å². The summed E-state index contributed by atoms with van der Waals surface area (Å²) in [5, 5.41) is 3.40. The second-order valence-electron chi connectivity index (χ2n) is 10.1. The van der Waals surface area contributed by atoms with Crippen molar-refractivity contribution in [3.63, 3.8) is 0 Å². The number of hydrogen-bond acceptors (Lipinski definition) is 3. The number of nitrogens with zero attached hydrogens (tertiary/aromatic N) is 1. The van der Waals surface area contributed by atoms with Gasteiger partial charge in [-0.3, -0.25) is 9.59 Å². The number of thioether (sulfide) groups is 1. The third-order valence-electron chi connectivity index (χ3n) is 5.90. The van der Waals surface area contributed by atoms with Crippen LogP contribution >= 0.6 is 23.4 Å². The molecular weight excluding hydrogens is 507 g/mol. The normalized spacial score (nSPS) is 12.2. The van der Waals surface area contributed by atoms with Gasteiger partial charge in [0.1, 0.15) is 11.9 Å². The average molecular weight is 541 g/mol. The van der Waals surface area contributed by atoms with E-state index in [1.807, 2.05) is 82.3 Å². The molecule has 0 fully saturated rings. The number of aryl methyl sites for hydroxylation is 1. The first kappa shape index (κ1) is 28.7. The third kappa shape index (κ3) is 8.61. The van der Waals surface area contributed by atoms with E-state index in [9.17, 15) is 14.0 Å². The van der Waals surface area contributed by atoms with Crippen molar-refractivity contribution in [1.29, 1.82) is 0 Å². The minimum absolute atomic E-state index is 0.0879. The van der Waals surface area contributed by atoms with Gasteiger partial charge in [-0.15, -0.1) is 11.8 Å². The molecule has 1 unspecified atom stereocenters. The summed E-state index contributed by atoms with van der Waals surface area (Å²) in [5.41, 5.74) is 2.89. The summed E-state index contributed by atoms with van der Waals surface area (Å²) in [4.78, 5) is 29.0. The van der Waals surface area contributed by atoms with Gasteiger partial charge >= 0.3 is 0 Å². The van der Waals surface area contributed by atoms with Crippen LogP contribution in [-0.4, -0.2) is 34.0 Å². The Morgan fingerprint density at radius 3 is 2.32 bits per heavy atom. The Labute approximate surface area is 228 Å². The van der Waals surface area contributed by atoms with Crippen molar-refractivity contribution in [2.75, 3.05) is 5.75 Å². The number of halogens is 2. The first-order valence-electron chi connectivity index (χ1n) is 12.3. The van der Waals surface area contributed by atoms with Crippen LogP contribution in [0.25, 0.3) is 0 Å². The van der Waals surface area contributed by atoms with Gasteiger partial charge in [0.25, 0.3) is 0 Å². The third-order valence-corrected chi connectivity index (χ3v) is 7.20. The Morgan fingerprint density at radius 1 is 1.00 bits per heavy atom. The van der Waals surface area contributed by atoms with E-state index in [-0.39, 0.29) is 23.3 Å². The van der Waals surface area contributed by atoms with Crippen LogP contribution in [0.3, 0.4) is 0 Å². The molecule has 1 N–H and O–H groups in total. The number of benzene rings is 3. The quantitative estimate of drug-likeness (QED) is 0.316. The molecule has 1 atom stereocenters. The molecule has 7 heteroatoms. The summed E-state index contributed by atoms with van der Waals surface area (Å²) in [6, 6.07) is 21.4. The molecule has 3 rings (SSSR count). The number of carbonyl (C=O) groups excluding carboxylic acids is 2. The van der Waals surface area contributed by atoms with Crippen LogP contribution in [0.4, 0.5) is 4.39 Å². The maximum atomic E-state index is 14.3. The lowest BCUT2D eigenvalue weighted by Crippen LogP contribution is -2.54. The van der Waals surface area contributed by atoms with Gasteiger partial charge in [-0.2, -0.15) is 0 Å². The fourth-order valence-electron chi connectivity index (χ4n) is 3.97. The van der Waals surface area contributed by atoms with Crippen LogP contribution in [-0.2, 0) is 28.3 Å². The van der Waals surface area contributed by atoms with Gasteiger partial charge in [0, 0.05) is 34.8 Å². The molecule has 0 spiro atoms. The van der Waals surface area contributed by atoms with Crippen molar-refractivity contribution in [3.05, 3.63) is 106 Å². The lowest BCUT2D eigenvalue weighted by atomic mass is 10.00. The maximum absolute atomic E-state index is 14.3. The fraction of sp³-hybridized carbons (Fsp3) is 0.333. The van der Waals surface area contributed by atoms with Crippen molar-refractivity contribution in [3.8, 4) is 0 Å². The van der Waals surface area contributed by atoms with Gasteiger partial charge in [-0.1, -0.05) is 72.3 Å². The van der Waals surface area contributed by atoms with Crippen molar-refractivity contribution < 1.29 is 14.0 Å². The van der Waals surface area contributed by atoms with Crippen LogP contribution in [0, 0.1) is 12.7 Å². The highest BCUT2D eigenvalue weighted by atomic mass is 35.5. The topological polar surface area (TPSA) is 49.4 Å². The Hall–Kier alpha value is -2.83. The van der Waals surface area contributed by atoms with Crippen LogP contribution in [0.2, 0.25) is 5.02 Å². The summed E-state index contributed by atoms with van der Waals surface area (Å²) in [7, 11) is 0. The number of hydrogen-bond donors (Lipinski definition) is 1. The molecule has 3 aromatic rings. The molecule has 37 heavy (non-hydrogen) atoms. The Kier molecular flexibility index (Phi) is 10.2. The first-order chi connectivity index (χ1) is 17.5. The summed E-state index contributed by atoms with van der Waals surface area (Å²) >= 11 is 7.46. The predicted molar refractivity (Wildman–Crippen MR) is 151 cm³/mol. The van der Waals surface area contributed by atoms with Gasteiger partial charge in [-0.05, 0) is 56.5 Å². The molecule has 0 radical (unpaired) electrons. The largest absolute Gasteiger partial charge is 0.350 e. The van der Waals surface area contributed by atoms with Crippen molar-refractivity contribution in [2.24, 2.45) is 0 Å². The first-order valence-corrected chi connectivity index (χ1v) is 13.8. The van der Waals surface area contributed by atoms with Gasteiger partial charge in [0.2, 0.25) is 11.8 Å². The van der Waals surface area contributed by atoms with Gasteiger partial charge in [0.05, 0.1) is 5.75 Å². The molecule has 0 bridgehead atoms. The molecule has 0 aliphatic carbocycles. The van der Waals surface area contributed by atoms with E-state index in [2.05, 4.69) is 5.32 Å². The zero-order chi connectivity index (χ0) is 27.0. The molecule has 0 aromatic heterocycles. The number of nitrogens with one attached hydrogen (secondary N) is 1. The highest BCUT2D eigenvalue weighted by Crippen LogP contribution is 2.25. The number of carbonyl (C=O) groups is 2. The zero-order valence-electron chi connectivity index (χ0n) is 21.8. The molecule has 2 amide bonds. The average Bonchev–Trinajstić information content (AvgIpc) is 2.83. The highest BCUT2D eigenvalue weighted by molar-refractivity contribution is 7.99. The molecule has 3 aromatic carbocycles. The van der Waals surface area contributed by atoms with E-state index in [0.29, 0.717) is 23.6 Å². The minimum Gasteiger partial charge on any atom is -0.350 e. The van der Waals surface area contributed by atoms with Crippen molar-refractivity contribution >= 4 is 35.2 Å². The monoisotopic (exact) mass is 540 g/mol. The summed E-state index contributed by atoms with van der Waals surface area (Å²) in [6.07, 6.45) is 0.379. The lowest BCUT2D eigenvalue weighted by molar-refractivity contribution is -0.140. The molecule has 0 aliphatic heterocycles. The predicted octanol–water partition coefficient (Wildman–Crippen LogP) is 6.58. The Balaban J connectivity index is 1.90. The summed E-state index contributed by atoms with van der Waals surface area (Å²) in [5.74, 6) is -0.445. The van der Waals surface area contributed by atoms with E-state index in [1.54, 1.807) is 17.0 Å². The van der Waals surface area contributed by atoms with Gasteiger partial charge in [0.15, 0.2) is 0 Å². The summed E-state index contributed by atoms with van der Waals surface area (Å²) < 4.78 is 14.3. The minimum atomic E-state index is -0.716. The second kappa shape index (κ2) is 13.1. The van der Waals surface area contributed by atoms with E-state index in [0.717, 1.165) is 16.7 Å². The Bertz CT molecular complexity index is 1190. The molecule has 0 aliphatic rings. The molecule has 0 saturated carbocycles. The van der Waals surface area contributed by atoms with E-state index < -0.39 is 17.4 Å². The van der Waals surface area contributed by atoms with Crippen molar-refractivity contribution in [1.82, 2.24) is 10.2 Å². The summed E-state index contributed by atoms with van der Waals surface area (Å²) in [6.45, 7) is 8.06. The second-order valence-corrected chi connectivity index (χ2v) is 11.5. The molecule has 4 nitrogen and oxygen atoms in total. The highest BCUT2D eigenvalue weighted by Gasteiger charge is 2.32. The standard InChI is InChI=1S/C30H34ClFN2O2S/c1-21-11-8-9-14-23(21)18-34(28(35)20-37-19-24-25(31)15-10-16-26(24)32)27(29(36)33-30(2,3)4)17-22-12-6-5-7-13-22/h5-16,27H,17-20H2,1-4H3,(H,33,36). The Morgan fingerprint density at radius 2 is 1.68 bits per heavy atom. The SMILES string of the molecule is Cc1ccccc1CN(C(=O)CSCc1c(F)cccc1Cl)C(Cc1ccccc1)C(=O)NC(C)(C)C. The fourth-order valence-corrected chi connectivity index (χ4v) is 5.22. The van der Waals surface area contributed by atoms with Crippen LogP contribution in [0.5, 0.6) is 0 Å². The molecule has 0 saturated heterocycles. The van der Waals surface area contributed by atoms with Gasteiger partial charge in [-0.25, -0.2) is 4.39 Å². The van der Waals surface area contributed by atoms with Crippen molar-refractivity contribution in [2.45, 2.75) is 58.0 Å². The van der Waals surface area contributed by atoms with Crippen LogP contribution < -0.4 is 5.32 Å². The van der Waals surface area contributed by atoms with Gasteiger partial charge < -0.3 is 10.2 Å². The zero-order valence-corrected chi connectivity index (χ0v) is 23.3. The number of rotatable bonds is 10. The van der Waals surface area contributed by atoms with E-state index >= 15 is 0 Å². The maximum Gasteiger partial charge on any atom is 0.243 e.